The van der Waals surface area contributed by atoms with Crippen LogP contribution >= 0.6 is 0 Å². The monoisotopic (exact) mass is 232 g/mol. The van der Waals surface area contributed by atoms with Crippen LogP contribution in [0.5, 0.6) is 0 Å². The number of rotatable bonds is 3. The van der Waals surface area contributed by atoms with Gasteiger partial charge in [-0.15, -0.1) is 0 Å². The van der Waals surface area contributed by atoms with Crippen LogP contribution in [0.25, 0.3) is 11.0 Å². The molecule has 1 aromatic carbocycles. The fourth-order valence-corrected chi connectivity index (χ4v) is 2.46. The number of nitrogens with zero attached hydrogens (tertiary/aromatic N) is 2. The first-order valence-electron chi connectivity index (χ1n) is 6.08. The maximum atomic E-state index is 9.18. The molecule has 1 atom stereocenters. The fraction of sp³-hybridized carbons (Fsp3) is 0.462. The van der Waals surface area contributed by atoms with Crippen LogP contribution < -0.4 is 0 Å². The summed E-state index contributed by atoms with van der Waals surface area (Å²) in [6.07, 6.45) is 2.20. The van der Waals surface area contributed by atoms with Crippen molar-refractivity contribution in [2.45, 2.75) is 25.5 Å². The molecule has 3 rings (SSSR count). The van der Waals surface area contributed by atoms with Crippen LogP contribution in [0.15, 0.2) is 24.3 Å². The van der Waals surface area contributed by atoms with E-state index in [-0.39, 0.29) is 12.7 Å². The van der Waals surface area contributed by atoms with Gasteiger partial charge in [0, 0.05) is 13.2 Å². The maximum absolute atomic E-state index is 9.18. The number of fused-ring (bicyclic) bond motifs is 1. The second-order valence-corrected chi connectivity index (χ2v) is 4.34. The highest BCUT2D eigenvalue weighted by Gasteiger charge is 2.24. The van der Waals surface area contributed by atoms with Crippen molar-refractivity contribution in [2.24, 2.45) is 0 Å². The van der Waals surface area contributed by atoms with Crippen LogP contribution in [0.2, 0.25) is 0 Å². The van der Waals surface area contributed by atoms with Crippen molar-refractivity contribution >= 4 is 11.0 Å². The molecule has 0 aliphatic carbocycles. The summed E-state index contributed by atoms with van der Waals surface area (Å²) in [5, 5.41) is 9.18. The lowest BCUT2D eigenvalue weighted by molar-refractivity contribution is 0.101. The van der Waals surface area contributed by atoms with E-state index in [2.05, 4.69) is 9.55 Å². The molecule has 0 bridgehead atoms. The molecule has 1 fully saturated rings. The van der Waals surface area contributed by atoms with Gasteiger partial charge >= 0.3 is 0 Å². The Labute approximate surface area is 99.8 Å². The van der Waals surface area contributed by atoms with Crippen LogP contribution in [-0.4, -0.2) is 27.9 Å². The van der Waals surface area contributed by atoms with Crippen molar-refractivity contribution in [1.82, 2.24) is 9.55 Å². The molecular weight excluding hydrogens is 216 g/mol. The third-order valence-corrected chi connectivity index (χ3v) is 3.23. The molecule has 1 N–H and O–H groups in total. The Morgan fingerprint density at radius 1 is 1.41 bits per heavy atom. The first-order valence-corrected chi connectivity index (χ1v) is 6.08. The molecule has 1 aliphatic heterocycles. The standard InChI is InChI=1S/C13H16N2O2/c16-8-7-15-11-5-2-1-4-10(11)14-13(15)12-6-3-9-17-12/h1-2,4-5,12,16H,3,6-9H2. The molecule has 0 amide bonds. The molecule has 1 unspecified atom stereocenters. The van der Waals surface area contributed by atoms with Crippen molar-refractivity contribution in [2.75, 3.05) is 13.2 Å². The first kappa shape index (κ1) is 10.7. The minimum absolute atomic E-state index is 0.0916. The molecular formula is C13H16N2O2. The molecule has 0 saturated carbocycles. The topological polar surface area (TPSA) is 47.3 Å². The molecule has 1 aromatic heterocycles. The second kappa shape index (κ2) is 4.47. The first-order chi connectivity index (χ1) is 8.40. The van der Waals surface area contributed by atoms with Crippen molar-refractivity contribution in [3.63, 3.8) is 0 Å². The third-order valence-electron chi connectivity index (χ3n) is 3.23. The van der Waals surface area contributed by atoms with E-state index in [1.165, 1.54) is 0 Å². The molecule has 1 aliphatic rings. The van der Waals surface area contributed by atoms with E-state index >= 15 is 0 Å². The van der Waals surface area contributed by atoms with Gasteiger partial charge in [0.15, 0.2) is 0 Å². The number of aliphatic hydroxyl groups is 1. The lowest BCUT2D eigenvalue weighted by Crippen LogP contribution is -2.10. The molecule has 2 heterocycles. The normalized spacial score (nSPS) is 20.2. The fourth-order valence-electron chi connectivity index (χ4n) is 2.46. The molecule has 0 radical (unpaired) electrons. The molecule has 1 saturated heterocycles. The van der Waals surface area contributed by atoms with Crippen LogP contribution in [-0.2, 0) is 11.3 Å². The molecule has 17 heavy (non-hydrogen) atoms. The second-order valence-electron chi connectivity index (χ2n) is 4.34. The smallest absolute Gasteiger partial charge is 0.139 e. The number of imidazole rings is 1. The summed E-state index contributed by atoms with van der Waals surface area (Å²) in [5.74, 6) is 0.956. The van der Waals surface area contributed by atoms with E-state index < -0.39 is 0 Å². The van der Waals surface area contributed by atoms with E-state index in [9.17, 15) is 5.11 Å². The summed E-state index contributed by atoms with van der Waals surface area (Å²) >= 11 is 0. The predicted molar refractivity (Wildman–Crippen MR) is 64.7 cm³/mol. The summed E-state index contributed by atoms with van der Waals surface area (Å²) in [4.78, 5) is 4.64. The SMILES string of the molecule is OCCn1c(C2CCCO2)nc2ccccc21. The summed E-state index contributed by atoms with van der Waals surface area (Å²) in [6, 6.07) is 8.02. The highest BCUT2D eigenvalue weighted by Crippen LogP contribution is 2.30. The summed E-state index contributed by atoms with van der Waals surface area (Å²) in [7, 11) is 0. The number of aromatic nitrogens is 2. The van der Waals surface area contributed by atoms with Gasteiger partial charge in [-0.3, -0.25) is 0 Å². The Morgan fingerprint density at radius 2 is 2.29 bits per heavy atom. The van der Waals surface area contributed by atoms with Gasteiger partial charge in [-0.25, -0.2) is 4.98 Å². The zero-order chi connectivity index (χ0) is 11.7. The molecule has 2 aromatic rings. The van der Waals surface area contributed by atoms with Gasteiger partial charge in [0.1, 0.15) is 11.9 Å². The van der Waals surface area contributed by atoms with E-state index in [0.717, 1.165) is 36.3 Å². The lowest BCUT2D eigenvalue weighted by Gasteiger charge is -2.12. The van der Waals surface area contributed by atoms with E-state index in [1.807, 2.05) is 24.3 Å². The lowest BCUT2D eigenvalue weighted by atomic mass is 10.2. The zero-order valence-electron chi connectivity index (χ0n) is 9.67. The van der Waals surface area contributed by atoms with Gasteiger partial charge in [0.2, 0.25) is 0 Å². The molecule has 90 valence electrons. The number of hydrogen-bond acceptors (Lipinski definition) is 3. The number of hydrogen-bond donors (Lipinski definition) is 1. The Kier molecular flexibility index (Phi) is 2.82. The van der Waals surface area contributed by atoms with Gasteiger partial charge in [-0.1, -0.05) is 12.1 Å². The molecule has 0 spiro atoms. The van der Waals surface area contributed by atoms with Gasteiger partial charge in [-0.05, 0) is 25.0 Å². The van der Waals surface area contributed by atoms with Gasteiger partial charge in [-0.2, -0.15) is 0 Å². The zero-order valence-corrected chi connectivity index (χ0v) is 9.67. The van der Waals surface area contributed by atoms with E-state index in [1.54, 1.807) is 0 Å². The van der Waals surface area contributed by atoms with Crippen molar-refractivity contribution < 1.29 is 9.84 Å². The van der Waals surface area contributed by atoms with Crippen LogP contribution in [0.1, 0.15) is 24.8 Å². The third kappa shape index (κ3) is 1.83. The van der Waals surface area contributed by atoms with Crippen LogP contribution in [0.4, 0.5) is 0 Å². The summed E-state index contributed by atoms with van der Waals surface area (Å²) in [6.45, 7) is 1.52. The van der Waals surface area contributed by atoms with Crippen LogP contribution in [0, 0.1) is 0 Å². The summed E-state index contributed by atoms with van der Waals surface area (Å²) in [5.41, 5.74) is 2.05. The molecule has 4 heteroatoms. The minimum Gasteiger partial charge on any atom is -0.395 e. The average Bonchev–Trinajstić information content (AvgIpc) is 2.97. The highest BCUT2D eigenvalue weighted by atomic mass is 16.5. The van der Waals surface area contributed by atoms with Crippen molar-refractivity contribution in [1.29, 1.82) is 0 Å². The van der Waals surface area contributed by atoms with Crippen LogP contribution in [0.3, 0.4) is 0 Å². The maximum Gasteiger partial charge on any atom is 0.139 e. The van der Waals surface area contributed by atoms with E-state index in [0.29, 0.717) is 6.54 Å². The Hall–Kier alpha value is -1.39. The number of ether oxygens (including phenoxy) is 1. The molecule has 4 nitrogen and oxygen atoms in total. The number of benzene rings is 1. The van der Waals surface area contributed by atoms with Crippen molar-refractivity contribution in [3.8, 4) is 0 Å². The van der Waals surface area contributed by atoms with E-state index in [4.69, 9.17) is 4.74 Å². The largest absolute Gasteiger partial charge is 0.395 e. The van der Waals surface area contributed by atoms with Gasteiger partial charge in [0.05, 0.1) is 17.6 Å². The van der Waals surface area contributed by atoms with Gasteiger partial charge in [0.25, 0.3) is 0 Å². The Morgan fingerprint density at radius 3 is 3.06 bits per heavy atom. The average molecular weight is 232 g/mol. The highest BCUT2D eigenvalue weighted by molar-refractivity contribution is 5.76. The number of aliphatic hydroxyl groups excluding tert-OH is 1. The Balaban J connectivity index is 2.11. The summed E-state index contributed by atoms with van der Waals surface area (Å²) < 4.78 is 7.77. The van der Waals surface area contributed by atoms with Gasteiger partial charge < -0.3 is 14.4 Å². The predicted octanol–water partition coefficient (Wildman–Crippen LogP) is 1.88. The Bertz CT molecular complexity index is 515. The number of para-hydroxylation sites is 2. The quantitative estimate of drug-likeness (QED) is 0.879. The van der Waals surface area contributed by atoms with Crippen molar-refractivity contribution in [3.05, 3.63) is 30.1 Å². The minimum atomic E-state index is 0.0916.